The second kappa shape index (κ2) is 6.63. The SMILES string of the molecule is Cn1ccnc1-c1ccc2c(C(=O)O)cn(Cc3ccc4ccccc4c3)c2c1. The average Bonchev–Trinajstić information content (AvgIpc) is 3.31. The Morgan fingerprint density at radius 1 is 1.03 bits per heavy atom. The third kappa shape index (κ3) is 2.97. The summed E-state index contributed by atoms with van der Waals surface area (Å²) in [5.41, 5.74) is 3.28. The van der Waals surface area contributed by atoms with Crippen molar-refractivity contribution in [2.24, 2.45) is 7.05 Å². The van der Waals surface area contributed by atoms with Crippen LogP contribution in [0.1, 0.15) is 15.9 Å². The van der Waals surface area contributed by atoms with E-state index in [0.717, 1.165) is 27.9 Å². The fourth-order valence-electron chi connectivity index (χ4n) is 3.91. The number of carboxylic acid groups (broad SMARTS) is 1. The highest BCUT2D eigenvalue weighted by Gasteiger charge is 2.16. The molecule has 0 saturated heterocycles. The van der Waals surface area contributed by atoms with E-state index in [2.05, 4.69) is 35.3 Å². The van der Waals surface area contributed by atoms with E-state index < -0.39 is 5.97 Å². The van der Waals surface area contributed by atoms with Gasteiger partial charge in [-0.05, 0) is 28.5 Å². The minimum atomic E-state index is -0.919. The molecule has 0 bridgehead atoms. The number of hydrogen-bond donors (Lipinski definition) is 1. The molecule has 0 amide bonds. The fraction of sp³-hybridized carbons (Fsp3) is 0.0833. The molecule has 1 N–H and O–H groups in total. The van der Waals surface area contributed by atoms with E-state index >= 15 is 0 Å². The average molecular weight is 381 g/mol. The van der Waals surface area contributed by atoms with Crippen molar-refractivity contribution in [3.63, 3.8) is 0 Å². The molecule has 5 nitrogen and oxygen atoms in total. The highest BCUT2D eigenvalue weighted by molar-refractivity contribution is 6.04. The molecule has 3 aromatic carbocycles. The van der Waals surface area contributed by atoms with Crippen LogP contribution in [0.4, 0.5) is 0 Å². The van der Waals surface area contributed by atoms with E-state index in [0.29, 0.717) is 12.1 Å². The van der Waals surface area contributed by atoms with Crippen molar-refractivity contribution in [2.75, 3.05) is 0 Å². The largest absolute Gasteiger partial charge is 0.478 e. The molecule has 0 aliphatic heterocycles. The van der Waals surface area contributed by atoms with Crippen molar-refractivity contribution in [1.29, 1.82) is 0 Å². The summed E-state index contributed by atoms with van der Waals surface area (Å²) < 4.78 is 3.96. The summed E-state index contributed by atoms with van der Waals surface area (Å²) in [6.45, 7) is 0.596. The second-order valence-corrected chi connectivity index (χ2v) is 7.25. The molecule has 2 heterocycles. The molecule has 0 aliphatic carbocycles. The first-order valence-corrected chi connectivity index (χ1v) is 9.42. The molecule has 5 rings (SSSR count). The predicted octanol–water partition coefficient (Wildman–Crippen LogP) is 4.94. The van der Waals surface area contributed by atoms with Gasteiger partial charge in [-0.15, -0.1) is 0 Å². The van der Waals surface area contributed by atoms with Gasteiger partial charge in [-0.25, -0.2) is 9.78 Å². The molecule has 0 fully saturated rings. The molecule has 0 unspecified atom stereocenters. The van der Waals surface area contributed by atoms with Crippen molar-refractivity contribution < 1.29 is 9.90 Å². The zero-order valence-electron chi connectivity index (χ0n) is 15.9. The third-order valence-corrected chi connectivity index (χ3v) is 5.36. The number of nitrogens with zero attached hydrogens (tertiary/aromatic N) is 3. The minimum absolute atomic E-state index is 0.312. The number of benzene rings is 3. The number of fused-ring (bicyclic) bond motifs is 2. The Kier molecular flexibility index (Phi) is 3.95. The Hall–Kier alpha value is -3.86. The van der Waals surface area contributed by atoms with E-state index in [1.165, 1.54) is 10.8 Å². The number of aromatic carboxylic acids is 1. The van der Waals surface area contributed by atoms with Gasteiger partial charge >= 0.3 is 5.97 Å². The summed E-state index contributed by atoms with van der Waals surface area (Å²) in [4.78, 5) is 16.2. The summed E-state index contributed by atoms with van der Waals surface area (Å²) >= 11 is 0. The first-order valence-electron chi connectivity index (χ1n) is 9.42. The van der Waals surface area contributed by atoms with Gasteiger partial charge in [0.25, 0.3) is 0 Å². The number of imidazole rings is 1. The van der Waals surface area contributed by atoms with Gasteiger partial charge in [0.2, 0.25) is 0 Å². The number of hydrogen-bond acceptors (Lipinski definition) is 2. The topological polar surface area (TPSA) is 60.1 Å². The van der Waals surface area contributed by atoms with Gasteiger partial charge in [0.1, 0.15) is 5.82 Å². The van der Waals surface area contributed by atoms with Gasteiger partial charge in [0, 0.05) is 48.6 Å². The standard InChI is InChI=1S/C24H19N3O2/c1-26-11-10-25-23(26)19-8-9-20-21(24(28)29)15-27(22(20)13-19)14-16-6-7-17-4-2-3-5-18(17)12-16/h2-13,15H,14H2,1H3,(H,28,29). The lowest BCUT2D eigenvalue weighted by atomic mass is 10.1. The molecule has 0 spiro atoms. The molecule has 0 atom stereocenters. The first-order chi connectivity index (χ1) is 14.1. The Balaban J connectivity index is 1.64. The zero-order chi connectivity index (χ0) is 20.0. The normalized spacial score (nSPS) is 11.3. The maximum Gasteiger partial charge on any atom is 0.337 e. The second-order valence-electron chi connectivity index (χ2n) is 7.25. The Morgan fingerprint density at radius 2 is 1.86 bits per heavy atom. The lowest BCUT2D eigenvalue weighted by Crippen LogP contribution is -1.99. The van der Waals surface area contributed by atoms with Crippen LogP contribution in [0.5, 0.6) is 0 Å². The fourth-order valence-corrected chi connectivity index (χ4v) is 3.91. The molecule has 5 aromatic rings. The molecular formula is C24H19N3O2. The Bertz CT molecular complexity index is 1380. The van der Waals surface area contributed by atoms with Gasteiger partial charge in [-0.3, -0.25) is 0 Å². The molecule has 5 heteroatoms. The van der Waals surface area contributed by atoms with Crippen molar-refractivity contribution in [3.8, 4) is 11.4 Å². The van der Waals surface area contributed by atoms with Crippen LogP contribution in [0.25, 0.3) is 33.1 Å². The lowest BCUT2D eigenvalue weighted by molar-refractivity contribution is 0.0699. The maximum absolute atomic E-state index is 11.8. The van der Waals surface area contributed by atoms with Gasteiger partial charge in [0.15, 0.2) is 0 Å². The molecule has 142 valence electrons. The van der Waals surface area contributed by atoms with Crippen LogP contribution in [-0.2, 0) is 13.6 Å². The number of aryl methyl sites for hydroxylation is 1. The molecule has 2 aromatic heterocycles. The Labute approximate surface area is 167 Å². The van der Waals surface area contributed by atoms with Gasteiger partial charge in [-0.2, -0.15) is 0 Å². The lowest BCUT2D eigenvalue weighted by Gasteiger charge is -2.09. The van der Waals surface area contributed by atoms with E-state index in [1.807, 2.05) is 52.7 Å². The van der Waals surface area contributed by atoms with E-state index in [9.17, 15) is 9.90 Å². The van der Waals surface area contributed by atoms with Crippen LogP contribution >= 0.6 is 0 Å². The predicted molar refractivity (Wildman–Crippen MR) is 114 cm³/mol. The number of aromatic nitrogens is 3. The summed E-state index contributed by atoms with van der Waals surface area (Å²) in [5.74, 6) is -0.0702. The van der Waals surface area contributed by atoms with Crippen molar-refractivity contribution in [3.05, 3.63) is 90.4 Å². The number of carbonyl (C=O) groups is 1. The van der Waals surface area contributed by atoms with Crippen molar-refractivity contribution >= 4 is 27.6 Å². The third-order valence-electron chi connectivity index (χ3n) is 5.36. The monoisotopic (exact) mass is 381 g/mol. The number of carboxylic acids is 1. The van der Waals surface area contributed by atoms with Crippen LogP contribution < -0.4 is 0 Å². The van der Waals surface area contributed by atoms with Crippen LogP contribution in [0, 0.1) is 0 Å². The van der Waals surface area contributed by atoms with Crippen LogP contribution in [-0.4, -0.2) is 25.2 Å². The summed E-state index contributed by atoms with van der Waals surface area (Å²) in [6, 6.07) is 20.4. The molecular weight excluding hydrogens is 362 g/mol. The summed E-state index contributed by atoms with van der Waals surface area (Å²) in [5, 5.41) is 12.8. The van der Waals surface area contributed by atoms with Gasteiger partial charge in [-0.1, -0.05) is 48.5 Å². The van der Waals surface area contributed by atoms with Gasteiger partial charge in [0.05, 0.1) is 5.56 Å². The highest BCUT2D eigenvalue weighted by Crippen LogP contribution is 2.28. The zero-order valence-corrected chi connectivity index (χ0v) is 15.9. The summed E-state index contributed by atoms with van der Waals surface area (Å²) in [7, 11) is 1.95. The number of rotatable bonds is 4. The molecule has 0 radical (unpaired) electrons. The quantitative estimate of drug-likeness (QED) is 0.480. The molecule has 0 saturated carbocycles. The van der Waals surface area contributed by atoms with Crippen molar-refractivity contribution in [1.82, 2.24) is 14.1 Å². The van der Waals surface area contributed by atoms with Crippen molar-refractivity contribution in [2.45, 2.75) is 6.54 Å². The van der Waals surface area contributed by atoms with Gasteiger partial charge < -0.3 is 14.2 Å². The highest BCUT2D eigenvalue weighted by atomic mass is 16.4. The molecule has 0 aliphatic rings. The first kappa shape index (κ1) is 17.3. The smallest absolute Gasteiger partial charge is 0.337 e. The van der Waals surface area contributed by atoms with Crippen LogP contribution in [0.2, 0.25) is 0 Å². The maximum atomic E-state index is 11.8. The van der Waals surface area contributed by atoms with E-state index in [1.54, 1.807) is 12.4 Å². The van der Waals surface area contributed by atoms with Crippen LogP contribution in [0.3, 0.4) is 0 Å². The van der Waals surface area contributed by atoms with E-state index in [4.69, 9.17) is 0 Å². The summed E-state index contributed by atoms with van der Waals surface area (Å²) in [6.07, 6.45) is 5.39. The minimum Gasteiger partial charge on any atom is -0.478 e. The van der Waals surface area contributed by atoms with E-state index in [-0.39, 0.29) is 0 Å². The molecule has 29 heavy (non-hydrogen) atoms. The Morgan fingerprint density at radius 3 is 2.62 bits per heavy atom. The van der Waals surface area contributed by atoms with Crippen LogP contribution in [0.15, 0.2) is 79.3 Å².